The summed E-state index contributed by atoms with van der Waals surface area (Å²) in [5.74, 6) is -1.38. The molecular weight excluding hydrogens is 511 g/mol. The quantitative estimate of drug-likeness (QED) is 0.350. The third-order valence-corrected chi connectivity index (χ3v) is 5.80. The summed E-state index contributed by atoms with van der Waals surface area (Å²) in [5, 5.41) is 21.6. The van der Waals surface area contributed by atoms with E-state index in [1.807, 2.05) is 0 Å². The van der Waals surface area contributed by atoms with E-state index in [2.05, 4.69) is 20.6 Å². The number of hydrogen-bond acceptors (Lipinski definition) is 9. The van der Waals surface area contributed by atoms with Gasteiger partial charge < -0.3 is 25.4 Å². The third-order valence-electron chi connectivity index (χ3n) is 5.80. The molecule has 4 aromatic rings. The van der Waals surface area contributed by atoms with Crippen molar-refractivity contribution >= 4 is 40.1 Å². The number of halogens is 3. The molecular formula is C23H20F3N7O5. The second kappa shape index (κ2) is 9.42. The number of ether oxygens (including phenoxy) is 1. The number of pyridine rings is 1. The molecule has 198 valence electrons. The van der Waals surface area contributed by atoms with Crippen LogP contribution in [-0.2, 0) is 20.5 Å². The first-order valence-corrected chi connectivity index (χ1v) is 11.2. The Kier molecular flexibility index (Phi) is 6.24. The molecule has 0 saturated carbocycles. The summed E-state index contributed by atoms with van der Waals surface area (Å²) in [4.78, 5) is 30.5. The number of morpholine rings is 1. The molecule has 1 aliphatic heterocycles. The van der Waals surface area contributed by atoms with Crippen LogP contribution in [0.4, 0.5) is 30.5 Å². The molecule has 0 bridgehead atoms. The number of rotatable bonds is 5. The SMILES string of the molecule is C[C@@H]1CN(c2ccn(-c3ccnc(C(F)(F)F)c3)n2)C(=O)[C@@H](C(O)C(=O)Nc2ccc3c(N)noc3c2)O1. The Morgan fingerprint density at radius 1 is 1.26 bits per heavy atom. The van der Waals surface area contributed by atoms with Gasteiger partial charge in [-0.15, -0.1) is 5.10 Å². The smallest absolute Gasteiger partial charge is 0.380 e. The summed E-state index contributed by atoms with van der Waals surface area (Å²) in [5.41, 5.74) is 5.23. The minimum absolute atomic E-state index is 0.0361. The predicted molar refractivity (Wildman–Crippen MR) is 126 cm³/mol. The third kappa shape index (κ3) is 4.76. The van der Waals surface area contributed by atoms with Gasteiger partial charge in [-0.1, -0.05) is 5.16 Å². The Bertz CT molecular complexity index is 1520. The van der Waals surface area contributed by atoms with Gasteiger partial charge in [-0.25, -0.2) is 4.68 Å². The molecule has 1 saturated heterocycles. The van der Waals surface area contributed by atoms with E-state index in [0.717, 1.165) is 16.9 Å². The lowest BCUT2D eigenvalue weighted by molar-refractivity contribution is -0.156. The van der Waals surface area contributed by atoms with E-state index in [0.29, 0.717) is 11.0 Å². The van der Waals surface area contributed by atoms with Crippen LogP contribution in [-0.4, -0.2) is 61.7 Å². The molecule has 0 spiro atoms. The number of alkyl halides is 3. The van der Waals surface area contributed by atoms with Crippen LogP contribution in [0.25, 0.3) is 16.7 Å². The van der Waals surface area contributed by atoms with E-state index >= 15 is 0 Å². The molecule has 3 aromatic heterocycles. The molecule has 38 heavy (non-hydrogen) atoms. The number of nitrogens with one attached hydrogen (secondary N) is 1. The number of anilines is 3. The second-order valence-corrected chi connectivity index (χ2v) is 8.54. The van der Waals surface area contributed by atoms with Crippen LogP contribution in [0.15, 0.2) is 53.3 Å². The summed E-state index contributed by atoms with van der Waals surface area (Å²) < 4.78 is 50.9. The van der Waals surface area contributed by atoms with Gasteiger partial charge in [0, 0.05) is 30.2 Å². The lowest BCUT2D eigenvalue weighted by Crippen LogP contribution is -2.58. The number of fused-ring (bicyclic) bond motifs is 1. The maximum atomic E-state index is 13.2. The molecule has 0 radical (unpaired) electrons. The van der Waals surface area contributed by atoms with Crippen molar-refractivity contribution in [3.63, 3.8) is 0 Å². The van der Waals surface area contributed by atoms with Crippen LogP contribution in [0, 0.1) is 0 Å². The van der Waals surface area contributed by atoms with Crippen molar-refractivity contribution in [2.45, 2.75) is 31.4 Å². The van der Waals surface area contributed by atoms with E-state index in [9.17, 15) is 27.9 Å². The van der Waals surface area contributed by atoms with Crippen molar-refractivity contribution in [2.24, 2.45) is 0 Å². The van der Waals surface area contributed by atoms with Crippen molar-refractivity contribution in [3.05, 3.63) is 54.5 Å². The van der Waals surface area contributed by atoms with Gasteiger partial charge >= 0.3 is 6.18 Å². The second-order valence-electron chi connectivity index (χ2n) is 8.54. The first-order valence-electron chi connectivity index (χ1n) is 11.2. The van der Waals surface area contributed by atoms with Gasteiger partial charge in [0.05, 0.1) is 23.7 Å². The fraction of sp³-hybridized carbons (Fsp3) is 0.261. The van der Waals surface area contributed by atoms with E-state index in [-0.39, 0.29) is 29.6 Å². The molecule has 2 amide bonds. The number of aliphatic hydroxyl groups excluding tert-OH is 1. The van der Waals surface area contributed by atoms with Gasteiger partial charge in [0.15, 0.2) is 29.4 Å². The van der Waals surface area contributed by atoms with Gasteiger partial charge in [-0.05, 0) is 31.2 Å². The minimum atomic E-state index is -4.64. The molecule has 5 rings (SSSR count). The highest BCUT2D eigenvalue weighted by atomic mass is 19.4. The number of carbonyl (C=O) groups is 2. The van der Waals surface area contributed by atoms with Gasteiger partial charge in [0.1, 0.15) is 5.69 Å². The van der Waals surface area contributed by atoms with E-state index < -0.39 is 42.0 Å². The Morgan fingerprint density at radius 2 is 2.05 bits per heavy atom. The average molecular weight is 531 g/mol. The molecule has 4 N–H and O–H groups in total. The maximum absolute atomic E-state index is 13.2. The number of carbonyl (C=O) groups excluding carboxylic acids is 2. The molecule has 1 fully saturated rings. The first-order chi connectivity index (χ1) is 18.0. The van der Waals surface area contributed by atoms with Crippen LogP contribution < -0.4 is 16.0 Å². The number of benzene rings is 1. The van der Waals surface area contributed by atoms with Crippen LogP contribution >= 0.6 is 0 Å². The molecule has 3 atom stereocenters. The van der Waals surface area contributed by atoms with Crippen molar-refractivity contribution < 1.29 is 37.1 Å². The molecule has 15 heteroatoms. The minimum Gasteiger partial charge on any atom is -0.380 e. The van der Waals surface area contributed by atoms with Crippen LogP contribution in [0.2, 0.25) is 0 Å². The van der Waals surface area contributed by atoms with E-state index in [1.165, 1.54) is 35.4 Å². The number of aliphatic hydroxyl groups is 1. The number of amides is 2. The summed E-state index contributed by atoms with van der Waals surface area (Å²) >= 11 is 0. The number of nitrogens with zero attached hydrogens (tertiary/aromatic N) is 5. The van der Waals surface area contributed by atoms with Gasteiger partial charge in [-0.3, -0.25) is 19.5 Å². The Balaban J connectivity index is 1.33. The summed E-state index contributed by atoms with van der Waals surface area (Å²) in [6, 6.07) is 8.13. The van der Waals surface area contributed by atoms with Crippen molar-refractivity contribution in [3.8, 4) is 5.69 Å². The van der Waals surface area contributed by atoms with Gasteiger partial charge in [0.2, 0.25) is 0 Å². The van der Waals surface area contributed by atoms with Crippen LogP contribution in [0.5, 0.6) is 0 Å². The molecule has 1 unspecified atom stereocenters. The van der Waals surface area contributed by atoms with Gasteiger partial charge in [0.25, 0.3) is 11.8 Å². The monoisotopic (exact) mass is 531 g/mol. The number of aromatic nitrogens is 4. The fourth-order valence-electron chi connectivity index (χ4n) is 3.98. The normalized spacial score (nSPS) is 19.1. The van der Waals surface area contributed by atoms with E-state index in [1.54, 1.807) is 13.0 Å². The highest BCUT2D eigenvalue weighted by Gasteiger charge is 2.42. The zero-order valence-electron chi connectivity index (χ0n) is 19.6. The molecule has 1 aliphatic rings. The Morgan fingerprint density at radius 3 is 2.82 bits per heavy atom. The standard InChI is InChI=1S/C23H20F3N7O5/c1-11-10-32(17-5-7-33(30-17)13-4-6-28-16(9-13)23(24,25)26)22(36)19(37-11)18(34)21(35)29-12-2-3-14-15(8-12)38-31-20(14)27/h2-9,11,18-19,34H,10H2,1H3,(H2,27,31)(H,29,35)/t11-,18?,19-/m1/s1. The zero-order valence-corrected chi connectivity index (χ0v) is 19.6. The lowest BCUT2D eigenvalue weighted by atomic mass is 10.1. The number of hydrogen-bond donors (Lipinski definition) is 3. The fourth-order valence-corrected chi connectivity index (χ4v) is 3.98. The summed E-state index contributed by atoms with van der Waals surface area (Å²) in [6.45, 7) is 1.67. The van der Waals surface area contributed by atoms with E-state index in [4.69, 9.17) is 15.0 Å². The largest absolute Gasteiger partial charge is 0.433 e. The number of nitrogens with two attached hydrogens (primary N) is 1. The van der Waals surface area contributed by atoms with Crippen LogP contribution in [0.3, 0.4) is 0 Å². The molecule has 12 nitrogen and oxygen atoms in total. The first kappa shape index (κ1) is 25.2. The topological polar surface area (TPSA) is 162 Å². The lowest BCUT2D eigenvalue weighted by Gasteiger charge is -2.36. The predicted octanol–water partition coefficient (Wildman–Crippen LogP) is 2.13. The zero-order chi connectivity index (χ0) is 27.2. The maximum Gasteiger partial charge on any atom is 0.433 e. The van der Waals surface area contributed by atoms with Crippen molar-refractivity contribution in [2.75, 3.05) is 22.5 Å². The Hall–Kier alpha value is -4.50. The highest BCUT2D eigenvalue weighted by Crippen LogP contribution is 2.29. The molecule has 4 heterocycles. The number of nitrogen functional groups attached to an aromatic ring is 1. The summed E-state index contributed by atoms with van der Waals surface area (Å²) in [7, 11) is 0. The Labute approximate surface area is 211 Å². The molecule has 0 aliphatic carbocycles. The average Bonchev–Trinajstić information content (AvgIpc) is 3.51. The van der Waals surface area contributed by atoms with Crippen LogP contribution in [0.1, 0.15) is 12.6 Å². The highest BCUT2D eigenvalue weighted by molar-refractivity contribution is 6.04. The van der Waals surface area contributed by atoms with Gasteiger partial charge in [-0.2, -0.15) is 13.2 Å². The molecule has 1 aromatic carbocycles. The van der Waals surface area contributed by atoms with Crippen molar-refractivity contribution in [1.82, 2.24) is 19.9 Å². The van der Waals surface area contributed by atoms with Crippen molar-refractivity contribution in [1.29, 1.82) is 0 Å². The summed E-state index contributed by atoms with van der Waals surface area (Å²) in [6.07, 6.45) is -6.31.